The highest BCUT2D eigenvalue weighted by Gasteiger charge is 2.32. The van der Waals surface area contributed by atoms with Crippen molar-refractivity contribution in [2.24, 2.45) is 5.73 Å². The second-order valence-corrected chi connectivity index (χ2v) is 4.53. The van der Waals surface area contributed by atoms with Crippen LogP contribution in [0.25, 0.3) is 0 Å². The van der Waals surface area contributed by atoms with Crippen molar-refractivity contribution >= 4 is 17.5 Å². The van der Waals surface area contributed by atoms with Crippen LogP contribution in [-0.2, 0) is 9.59 Å². The first-order valence-corrected chi connectivity index (χ1v) is 5.94. The summed E-state index contributed by atoms with van der Waals surface area (Å²) in [5.74, 6) is -0.961. The van der Waals surface area contributed by atoms with E-state index in [0.29, 0.717) is 13.1 Å². The Morgan fingerprint density at radius 2 is 1.83 bits per heavy atom. The smallest absolute Gasteiger partial charge is 0.316 e. The van der Waals surface area contributed by atoms with Gasteiger partial charge >= 0.3 is 11.8 Å². The first-order chi connectivity index (χ1) is 8.52. The number of hydrogen-bond donors (Lipinski definition) is 1. The molecule has 0 spiro atoms. The van der Waals surface area contributed by atoms with Gasteiger partial charge in [-0.05, 0) is 18.6 Å². The fraction of sp³-hybridized carbons (Fsp3) is 0.385. The van der Waals surface area contributed by atoms with Crippen molar-refractivity contribution < 1.29 is 9.59 Å². The molecule has 1 heterocycles. The quantitative estimate of drug-likeness (QED) is 0.774. The maximum Gasteiger partial charge on any atom is 0.316 e. The Labute approximate surface area is 106 Å². The van der Waals surface area contributed by atoms with Crippen LogP contribution in [0.4, 0.5) is 5.69 Å². The summed E-state index contributed by atoms with van der Waals surface area (Å²) in [6.45, 7) is 2.91. The molecule has 96 valence electrons. The molecule has 1 aromatic carbocycles. The second-order valence-electron chi connectivity index (χ2n) is 4.53. The Hall–Kier alpha value is -1.88. The van der Waals surface area contributed by atoms with E-state index in [1.54, 1.807) is 7.05 Å². The highest BCUT2D eigenvalue weighted by molar-refractivity contribution is 6.41. The lowest BCUT2D eigenvalue weighted by atomic mass is 10.1. The van der Waals surface area contributed by atoms with Crippen LogP contribution in [0.3, 0.4) is 0 Å². The summed E-state index contributed by atoms with van der Waals surface area (Å²) in [6.07, 6.45) is 0. The molecule has 1 atom stereocenters. The van der Waals surface area contributed by atoms with Gasteiger partial charge in [0, 0.05) is 31.9 Å². The topological polar surface area (TPSA) is 66.6 Å². The number of carbonyl (C=O) groups excluding carboxylic acids is 2. The molecule has 5 heteroatoms. The summed E-state index contributed by atoms with van der Waals surface area (Å²) in [4.78, 5) is 26.7. The van der Waals surface area contributed by atoms with Crippen LogP contribution in [0, 0.1) is 0 Å². The van der Waals surface area contributed by atoms with Crippen LogP contribution in [0.2, 0.25) is 0 Å². The van der Waals surface area contributed by atoms with E-state index < -0.39 is 11.8 Å². The minimum atomic E-state index is -0.489. The highest BCUT2D eigenvalue weighted by atomic mass is 16.2. The number of nitrogens with two attached hydrogens (primary N) is 1. The summed E-state index contributed by atoms with van der Waals surface area (Å²) >= 11 is 0. The number of anilines is 1. The van der Waals surface area contributed by atoms with Crippen molar-refractivity contribution in [3.05, 3.63) is 29.8 Å². The van der Waals surface area contributed by atoms with Gasteiger partial charge in [-0.3, -0.25) is 9.59 Å². The van der Waals surface area contributed by atoms with E-state index in [2.05, 4.69) is 0 Å². The first-order valence-electron chi connectivity index (χ1n) is 5.94. The molecule has 1 saturated heterocycles. The molecule has 18 heavy (non-hydrogen) atoms. The zero-order valence-corrected chi connectivity index (χ0v) is 10.6. The summed E-state index contributed by atoms with van der Waals surface area (Å²) in [6, 6.07) is 7.26. The van der Waals surface area contributed by atoms with Crippen LogP contribution >= 0.6 is 0 Å². The Balaban J connectivity index is 2.38. The van der Waals surface area contributed by atoms with Gasteiger partial charge in [0.1, 0.15) is 0 Å². The van der Waals surface area contributed by atoms with Gasteiger partial charge in [-0.2, -0.15) is 0 Å². The Bertz CT molecular complexity index is 485. The Kier molecular flexibility index (Phi) is 3.34. The molecular formula is C13H17N3O2. The summed E-state index contributed by atoms with van der Waals surface area (Å²) in [5, 5.41) is 0. The maximum absolute atomic E-state index is 12.0. The standard InChI is InChI=1S/C13H17N3O2/c1-9(14)10-5-3-4-6-11(10)16-8-7-15(2)12(17)13(16)18/h3-6,9H,7-8,14H2,1-2H3. The number of carbonyl (C=O) groups is 2. The molecule has 0 bridgehead atoms. The monoisotopic (exact) mass is 247 g/mol. The third kappa shape index (κ3) is 2.09. The molecule has 1 fully saturated rings. The van der Waals surface area contributed by atoms with Crippen LogP contribution in [0.15, 0.2) is 24.3 Å². The normalized spacial score (nSPS) is 18.2. The fourth-order valence-electron chi connectivity index (χ4n) is 2.08. The van der Waals surface area contributed by atoms with Crippen LogP contribution in [0.5, 0.6) is 0 Å². The molecule has 2 amide bonds. The van der Waals surface area contributed by atoms with E-state index in [4.69, 9.17) is 5.73 Å². The predicted molar refractivity (Wildman–Crippen MR) is 69.0 cm³/mol. The van der Waals surface area contributed by atoms with Gasteiger partial charge in [-0.15, -0.1) is 0 Å². The average molecular weight is 247 g/mol. The van der Waals surface area contributed by atoms with Crippen molar-refractivity contribution in [2.75, 3.05) is 25.0 Å². The number of likely N-dealkylation sites (N-methyl/N-ethyl adjacent to an activating group) is 1. The highest BCUT2D eigenvalue weighted by Crippen LogP contribution is 2.26. The SMILES string of the molecule is CC(N)c1ccccc1N1CCN(C)C(=O)C1=O. The Morgan fingerprint density at radius 3 is 2.50 bits per heavy atom. The summed E-state index contributed by atoms with van der Waals surface area (Å²) in [7, 11) is 1.63. The third-order valence-electron chi connectivity index (χ3n) is 3.15. The van der Waals surface area contributed by atoms with E-state index in [1.165, 1.54) is 9.80 Å². The van der Waals surface area contributed by atoms with Gasteiger partial charge in [-0.25, -0.2) is 0 Å². The minimum Gasteiger partial charge on any atom is -0.336 e. The molecule has 1 aliphatic heterocycles. The Morgan fingerprint density at radius 1 is 1.17 bits per heavy atom. The molecule has 5 nitrogen and oxygen atoms in total. The van der Waals surface area contributed by atoms with Crippen molar-refractivity contribution in [1.82, 2.24) is 4.90 Å². The van der Waals surface area contributed by atoms with E-state index >= 15 is 0 Å². The van der Waals surface area contributed by atoms with Crippen molar-refractivity contribution in [3.63, 3.8) is 0 Å². The molecule has 0 radical (unpaired) electrons. The largest absolute Gasteiger partial charge is 0.336 e. The molecule has 2 rings (SSSR count). The first kappa shape index (κ1) is 12.6. The zero-order valence-electron chi connectivity index (χ0n) is 10.6. The van der Waals surface area contributed by atoms with E-state index in [1.807, 2.05) is 31.2 Å². The number of para-hydroxylation sites is 1. The van der Waals surface area contributed by atoms with Crippen molar-refractivity contribution in [1.29, 1.82) is 0 Å². The van der Waals surface area contributed by atoms with Crippen LogP contribution in [0.1, 0.15) is 18.5 Å². The maximum atomic E-state index is 12.0. The summed E-state index contributed by atoms with van der Waals surface area (Å²) in [5.41, 5.74) is 7.51. The van der Waals surface area contributed by atoms with Crippen LogP contribution < -0.4 is 10.6 Å². The molecule has 0 aromatic heterocycles. The van der Waals surface area contributed by atoms with Gasteiger partial charge in [0.05, 0.1) is 0 Å². The van der Waals surface area contributed by atoms with Crippen LogP contribution in [-0.4, -0.2) is 36.9 Å². The number of piperazine rings is 1. The van der Waals surface area contributed by atoms with Gasteiger partial charge in [-0.1, -0.05) is 18.2 Å². The lowest BCUT2D eigenvalue weighted by Crippen LogP contribution is -2.53. The number of hydrogen-bond acceptors (Lipinski definition) is 3. The molecule has 0 aliphatic carbocycles. The predicted octanol–water partition coefficient (Wildman–Crippen LogP) is 0.511. The molecule has 1 aliphatic rings. The van der Waals surface area contributed by atoms with E-state index in [0.717, 1.165) is 11.3 Å². The van der Waals surface area contributed by atoms with Crippen molar-refractivity contribution in [2.45, 2.75) is 13.0 Å². The lowest BCUT2D eigenvalue weighted by molar-refractivity contribution is -0.145. The second kappa shape index (κ2) is 4.78. The van der Waals surface area contributed by atoms with Gasteiger partial charge < -0.3 is 15.5 Å². The van der Waals surface area contributed by atoms with Crippen molar-refractivity contribution in [3.8, 4) is 0 Å². The summed E-state index contributed by atoms with van der Waals surface area (Å²) < 4.78 is 0. The molecular weight excluding hydrogens is 230 g/mol. The third-order valence-corrected chi connectivity index (χ3v) is 3.15. The molecule has 1 aromatic rings. The number of amides is 2. The zero-order chi connectivity index (χ0) is 13.3. The number of rotatable bonds is 2. The minimum absolute atomic E-state index is 0.177. The van der Waals surface area contributed by atoms with E-state index in [9.17, 15) is 9.59 Å². The average Bonchev–Trinajstić information content (AvgIpc) is 2.36. The molecule has 2 N–H and O–H groups in total. The molecule has 1 unspecified atom stereocenters. The fourth-order valence-corrected chi connectivity index (χ4v) is 2.08. The number of benzene rings is 1. The number of nitrogens with zero attached hydrogens (tertiary/aromatic N) is 2. The van der Waals surface area contributed by atoms with E-state index in [-0.39, 0.29) is 6.04 Å². The van der Waals surface area contributed by atoms with Gasteiger partial charge in [0.25, 0.3) is 0 Å². The van der Waals surface area contributed by atoms with Gasteiger partial charge in [0.2, 0.25) is 0 Å². The lowest BCUT2D eigenvalue weighted by Gasteiger charge is -2.33. The van der Waals surface area contributed by atoms with Gasteiger partial charge in [0.15, 0.2) is 0 Å². The molecule has 0 saturated carbocycles.